The van der Waals surface area contributed by atoms with Crippen LogP contribution < -0.4 is 14.8 Å². The standard InChI is InChI=1S/C21H19ClN2O4S/c1-15-11-12-16(23-21(25)14-28-20-10-6-5-9-18(20)22)13-19(15)24-29(26,27)17-7-3-2-4-8-17/h2-13,24H,14H2,1H3,(H,23,25). The Labute approximate surface area is 174 Å². The number of rotatable bonds is 7. The molecule has 0 saturated carbocycles. The summed E-state index contributed by atoms with van der Waals surface area (Å²) in [4.78, 5) is 12.3. The van der Waals surface area contributed by atoms with Crippen molar-refractivity contribution in [3.8, 4) is 5.75 Å². The molecule has 0 heterocycles. The van der Waals surface area contributed by atoms with E-state index >= 15 is 0 Å². The van der Waals surface area contributed by atoms with Gasteiger partial charge in [0.2, 0.25) is 0 Å². The number of aryl methyl sites for hydroxylation is 1. The molecule has 150 valence electrons. The normalized spacial score (nSPS) is 11.0. The van der Waals surface area contributed by atoms with E-state index in [-0.39, 0.29) is 11.5 Å². The second-order valence-electron chi connectivity index (χ2n) is 6.22. The first kappa shape index (κ1) is 20.7. The minimum absolute atomic E-state index is 0.155. The molecular formula is C21H19ClN2O4S. The van der Waals surface area contributed by atoms with Gasteiger partial charge in [0.1, 0.15) is 5.75 Å². The first-order valence-electron chi connectivity index (χ1n) is 8.71. The van der Waals surface area contributed by atoms with Crippen LogP contribution in [0.4, 0.5) is 11.4 Å². The van der Waals surface area contributed by atoms with E-state index in [1.165, 1.54) is 12.1 Å². The largest absolute Gasteiger partial charge is 0.482 e. The highest BCUT2D eigenvalue weighted by Crippen LogP contribution is 2.25. The van der Waals surface area contributed by atoms with Crippen molar-refractivity contribution in [2.45, 2.75) is 11.8 Å². The van der Waals surface area contributed by atoms with Crippen LogP contribution in [0.25, 0.3) is 0 Å². The lowest BCUT2D eigenvalue weighted by atomic mass is 10.2. The Morgan fingerprint density at radius 1 is 1.00 bits per heavy atom. The molecule has 3 aromatic rings. The summed E-state index contributed by atoms with van der Waals surface area (Å²) in [6.07, 6.45) is 0. The monoisotopic (exact) mass is 430 g/mol. The summed E-state index contributed by atoms with van der Waals surface area (Å²) in [7, 11) is -3.73. The van der Waals surface area contributed by atoms with Gasteiger partial charge in [0, 0.05) is 5.69 Å². The lowest BCUT2D eigenvalue weighted by Gasteiger charge is -2.13. The van der Waals surface area contributed by atoms with Crippen molar-refractivity contribution in [1.29, 1.82) is 0 Å². The topological polar surface area (TPSA) is 84.5 Å². The number of para-hydroxylation sites is 1. The van der Waals surface area contributed by atoms with Gasteiger partial charge in [0.15, 0.2) is 6.61 Å². The van der Waals surface area contributed by atoms with Crippen molar-refractivity contribution < 1.29 is 17.9 Å². The molecule has 0 unspecified atom stereocenters. The van der Waals surface area contributed by atoms with Crippen LogP contribution in [0.1, 0.15) is 5.56 Å². The van der Waals surface area contributed by atoms with Crippen LogP contribution in [0, 0.1) is 6.92 Å². The van der Waals surface area contributed by atoms with Gasteiger partial charge in [0.05, 0.1) is 15.6 Å². The minimum atomic E-state index is -3.73. The zero-order valence-corrected chi connectivity index (χ0v) is 17.1. The predicted molar refractivity (Wildman–Crippen MR) is 114 cm³/mol. The molecule has 3 rings (SSSR count). The van der Waals surface area contributed by atoms with Crippen LogP contribution in [-0.2, 0) is 14.8 Å². The molecule has 8 heteroatoms. The molecule has 1 amide bonds. The van der Waals surface area contributed by atoms with Gasteiger partial charge in [-0.2, -0.15) is 0 Å². The number of carbonyl (C=O) groups excluding carboxylic acids is 1. The molecule has 0 spiro atoms. The fourth-order valence-corrected chi connectivity index (χ4v) is 3.85. The quantitative estimate of drug-likeness (QED) is 0.579. The summed E-state index contributed by atoms with van der Waals surface area (Å²) in [5, 5.41) is 3.09. The number of carbonyl (C=O) groups is 1. The Balaban J connectivity index is 1.69. The Kier molecular flexibility index (Phi) is 6.41. The molecule has 0 aliphatic heterocycles. The number of amides is 1. The van der Waals surface area contributed by atoms with Gasteiger partial charge < -0.3 is 10.1 Å². The van der Waals surface area contributed by atoms with Crippen molar-refractivity contribution in [2.75, 3.05) is 16.6 Å². The molecule has 2 N–H and O–H groups in total. The number of halogens is 1. The number of hydrogen-bond donors (Lipinski definition) is 2. The zero-order chi connectivity index (χ0) is 20.9. The van der Waals surface area contributed by atoms with Crippen LogP contribution >= 0.6 is 11.6 Å². The first-order chi connectivity index (χ1) is 13.8. The van der Waals surface area contributed by atoms with Crippen molar-refractivity contribution in [1.82, 2.24) is 0 Å². The van der Waals surface area contributed by atoms with Crippen molar-refractivity contribution in [3.63, 3.8) is 0 Å². The fourth-order valence-electron chi connectivity index (χ4n) is 2.52. The van der Waals surface area contributed by atoms with Gasteiger partial charge in [-0.25, -0.2) is 8.42 Å². The maximum Gasteiger partial charge on any atom is 0.262 e. The highest BCUT2D eigenvalue weighted by atomic mass is 35.5. The van der Waals surface area contributed by atoms with Crippen molar-refractivity contribution in [3.05, 3.63) is 83.4 Å². The van der Waals surface area contributed by atoms with E-state index in [1.807, 2.05) is 0 Å². The van der Waals surface area contributed by atoms with E-state index < -0.39 is 15.9 Å². The van der Waals surface area contributed by atoms with Crippen LogP contribution in [0.3, 0.4) is 0 Å². The molecule has 0 atom stereocenters. The third kappa shape index (κ3) is 5.49. The Morgan fingerprint density at radius 3 is 2.41 bits per heavy atom. The first-order valence-corrected chi connectivity index (χ1v) is 10.6. The number of benzene rings is 3. The number of nitrogens with one attached hydrogen (secondary N) is 2. The molecule has 0 fully saturated rings. The van der Waals surface area contributed by atoms with E-state index in [2.05, 4.69) is 10.0 Å². The molecule has 0 aliphatic rings. The lowest BCUT2D eigenvalue weighted by Crippen LogP contribution is -2.20. The third-order valence-electron chi connectivity index (χ3n) is 4.01. The number of hydrogen-bond acceptors (Lipinski definition) is 4. The zero-order valence-electron chi connectivity index (χ0n) is 15.6. The highest BCUT2D eigenvalue weighted by Gasteiger charge is 2.15. The van der Waals surface area contributed by atoms with E-state index in [9.17, 15) is 13.2 Å². The molecule has 0 aromatic heterocycles. The summed E-state index contributed by atoms with van der Waals surface area (Å²) in [6.45, 7) is 1.54. The highest BCUT2D eigenvalue weighted by molar-refractivity contribution is 7.92. The third-order valence-corrected chi connectivity index (χ3v) is 5.71. The molecule has 0 saturated heterocycles. The summed E-state index contributed by atoms with van der Waals surface area (Å²) in [5.41, 5.74) is 1.53. The Bertz CT molecular complexity index is 1120. The van der Waals surface area contributed by atoms with Gasteiger partial charge in [0.25, 0.3) is 15.9 Å². The average molecular weight is 431 g/mol. The second-order valence-corrected chi connectivity index (χ2v) is 8.31. The number of sulfonamides is 1. The number of anilines is 2. The van der Waals surface area contributed by atoms with Gasteiger partial charge in [-0.1, -0.05) is 48.0 Å². The second kappa shape index (κ2) is 8.98. The van der Waals surface area contributed by atoms with Crippen LogP contribution in [-0.4, -0.2) is 20.9 Å². The molecule has 0 bridgehead atoms. The summed E-state index contributed by atoms with van der Waals surface area (Å²) in [6, 6.07) is 19.9. The molecule has 0 radical (unpaired) electrons. The maximum absolute atomic E-state index is 12.5. The van der Waals surface area contributed by atoms with E-state index in [0.717, 1.165) is 5.56 Å². The molecule has 3 aromatic carbocycles. The van der Waals surface area contributed by atoms with Gasteiger partial charge in [-0.15, -0.1) is 0 Å². The van der Waals surface area contributed by atoms with Crippen LogP contribution in [0.2, 0.25) is 5.02 Å². The average Bonchev–Trinajstić information content (AvgIpc) is 2.70. The van der Waals surface area contributed by atoms with Crippen LogP contribution in [0.5, 0.6) is 5.75 Å². The maximum atomic E-state index is 12.5. The predicted octanol–water partition coefficient (Wildman–Crippen LogP) is 4.47. The Morgan fingerprint density at radius 2 is 1.69 bits per heavy atom. The number of ether oxygens (including phenoxy) is 1. The van der Waals surface area contributed by atoms with Crippen LogP contribution in [0.15, 0.2) is 77.7 Å². The van der Waals surface area contributed by atoms with Gasteiger partial charge in [-0.05, 0) is 48.9 Å². The SMILES string of the molecule is Cc1ccc(NC(=O)COc2ccccc2Cl)cc1NS(=O)(=O)c1ccccc1. The van der Waals surface area contributed by atoms with E-state index in [1.54, 1.807) is 67.6 Å². The van der Waals surface area contributed by atoms with Crippen molar-refractivity contribution >= 4 is 38.9 Å². The fraction of sp³-hybridized carbons (Fsp3) is 0.0952. The summed E-state index contributed by atoms with van der Waals surface area (Å²) < 4.78 is 33.1. The van der Waals surface area contributed by atoms with E-state index in [4.69, 9.17) is 16.3 Å². The minimum Gasteiger partial charge on any atom is -0.482 e. The van der Waals surface area contributed by atoms with Crippen molar-refractivity contribution in [2.24, 2.45) is 0 Å². The Hall–Kier alpha value is -3.03. The lowest BCUT2D eigenvalue weighted by molar-refractivity contribution is -0.118. The summed E-state index contributed by atoms with van der Waals surface area (Å²) in [5.74, 6) is 0.00942. The van der Waals surface area contributed by atoms with E-state index in [0.29, 0.717) is 22.1 Å². The molecule has 6 nitrogen and oxygen atoms in total. The van der Waals surface area contributed by atoms with Gasteiger partial charge in [-0.3, -0.25) is 9.52 Å². The molecular weight excluding hydrogens is 412 g/mol. The van der Waals surface area contributed by atoms with Gasteiger partial charge >= 0.3 is 0 Å². The summed E-state index contributed by atoms with van der Waals surface area (Å²) >= 11 is 6.00. The smallest absolute Gasteiger partial charge is 0.262 e. The molecule has 0 aliphatic carbocycles. The molecule has 29 heavy (non-hydrogen) atoms.